The van der Waals surface area contributed by atoms with Crippen LogP contribution in [0, 0.1) is 11.3 Å². The first kappa shape index (κ1) is 10.4. The van der Waals surface area contributed by atoms with Crippen molar-refractivity contribution in [2.75, 3.05) is 12.8 Å². The summed E-state index contributed by atoms with van der Waals surface area (Å²) < 4.78 is 5.09. The van der Waals surface area contributed by atoms with Gasteiger partial charge < -0.3 is 10.5 Å². The molecule has 0 heterocycles. The van der Waals surface area contributed by atoms with E-state index in [-0.39, 0.29) is 5.92 Å². The largest absolute Gasteiger partial charge is 0.495 e. The number of methoxy groups -OCH3 is 1. The predicted molar refractivity (Wildman–Crippen MR) is 56.1 cm³/mol. The minimum Gasteiger partial charge on any atom is -0.495 e. The average molecular weight is 190 g/mol. The highest BCUT2D eigenvalue weighted by Gasteiger charge is 2.09. The number of hydrogen-bond donors (Lipinski definition) is 1. The Labute approximate surface area is 84.1 Å². The number of nitriles is 1. The van der Waals surface area contributed by atoms with Gasteiger partial charge in [0.1, 0.15) is 5.75 Å². The summed E-state index contributed by atoms with van der Waals surface area (Å²) in [6.07, 6.45) is 0.795. The fraction of sp³-hybridized carbons (Fsp3) is 0.364. The molecule has 0 saturated carbocycles. The Balaban J connectivity index is 3.06. The standard InChI is InChI=1S/C11H14N2O/c1-3-8(7-12)9-4-5-10(13)11(6-9)14-2/h4-6,8H,3,13H2,1-2H3. The van der Waals surface area contributed by atoms with E-state index >= 15 is 0 Å². The van der Waals surface area contributed by atoms with E-state index in [0.29, 0.717) is 11.4 Å². The van der Waals surface area contributed by atoms with E-state index in [9.17, 15) is 0 Å². The van der Waals surface area contributed by atoms with E-state index in [1.165, 1.54) is 0 Å². The minimum atomic E-state index is -0.0792. The molecule has 0 aliphatic carbocycles. The van der Waals surface area contributed by atoms with Crippen molar-refractivity contribution in [2.45, 2.75) is 19.3 Å². The van der Waals surface area contributed by atoms with Crippen LogP contribution in [0.5, 0.6) is 5.75 Å². The van der Waals surface area contributed by atoms with Gasteiger partial charge in [-0.2, -0.15) is 5.26 Å². The number of ether oxygens (including phenoxy) is 1. The lowest BCUT2D eigenvalue weighted by Crippen LogP contribution is -1.97. The second-order valence-electron chi connectivity index (χ2n) is 3.09. The van der Waals surface area contributed by atoms with Gasteiger partial charge in [0, 0.05) is 0 Å². The number of anilines is 1. The first-order valence-corrected chi connectivity index (χ1v) is 4.56. The van der Waals surface area contributed by atoms with Crippen LogP contribution in [-0.4, -0.2) is 7.11 Å². The van der Waals surface area contributed by atoms with Gasteiger partial charge in [-0.15, -0.1) is 0 Å². The molecule has 0 bridgehead atoms. The second kappa shape index (κ2) is 4.52. The third-order valence-corrected chi connectivity index (χ3v) is 2.22. The number of nitrogens with two attached hydrogens (primary N) is 1. The van der Waals surface area contributed by atoms with Gasteiger partial charge in [0.2, 0.25) is 0 Å². The van der Waals surface area contributed by atoms with Crippen LogP contribution in [0.25, 0.3) is 0 Å². The first-order chi connectivity index (χ1) is 6.72. The number of hydrogen-bond acceptors (Lipinski definition) is 3. The van der Waals surface area contributed by atoms with E-state index in [4.69, 9.17) is 15.7 Å². The average Bonchev–Trinajstić information content (AvgIpc) is 2.22. The zero-order chi connectivity index (χ0) is 10.6. The molecule has 1 rings (SSSR count). The Morgan fingerprint density at radius 3 is 2.79 bits per heavy atom. The number of nitrogen functional groups attached to an aromatic ring is 1. The molecule has 0 spiro atoms. The lowest BCUT2D eigenvalue weighted by molar-refractivity contribution is 0.416. The lowest BCUT2D eigenvalue weighted by Gasteiger charge is -2.10. The summed E-state index contributed by atoms with van der Waals surface area (Å²) in [4.78, 5) is 0. The van der Waals surface area contributed by atoms with Crippen molar-refractivity contribution in [3.63, 3.8) is 0 Å². The molecule has 0 aromatic heterocycles. The van der Waals surface area contributed by atoms with Crippen LogP contribution in [0.4, 0.5) is 5.69 Å². The highest BCUT2D eigenvalue weighted by molar-refractivity contribution is 5.54. The molecule has 1 aromatic carbocycles. The second-order valence-corrected chi connectivity index (χ2v) is 3.09. The van der Waals surface area contributed by atoms with Crippen molar-refractivity contribution < 1.29 is 4.74 Å². The fourth-order valence-corrected chi connectivity index (χ4v) is 1.35. The number of nitrogens with zero attached hydrogens (tertiary/aromatic N) is 1. The van der Waals surface area contributed by atoms with Crippen molar-refractivity contribution in [3.8, 4) is 11.8 Å². The smallest absolute Gasteiger partial charge is 0.142 e. The summed E-state index contributed by atoms with van der Waals surface area (Å²) in [5.41, 5.74) is 7.24. The Kier molecular flexibility index (Phi) is 3.35. The molecule has 2 N–H and O–H groups in total. The quantitative estimate of drug-likeness (QED) is 0.744. The van der Waals surface area contributed by atoms with Gasteiger partial charge in [-0.3, -0.25) is 0 Å². The van der Waals surface area contributed by atoms with Crippen molar-refractivity contribution in [1.82, 2.24) is 0 Å². The van der Waals surface area contributed by atoms with Crippen LogP contribution in [0.15, 0.2) is 18.2 Å². The van der Waals surface area contributed by atoms with E-state index in [1.807, 2.05) is 19.1 Å². The third kappa shape index (κ3) is 1.97. The highest BCUT2D eigenvalue weighted by Crippen LogP contribution is 2.27. The zero-order valence-corrected chi connectivity index (χ0v) is 8.45. The number of rotatable bonds is 3. The van der Waals surface area contributed by atoms with Gasteiger partial charge in [0.05, 0.1) is 24.8 Å². The van der Waals surface area contributed by atoms with E-state index in [1.54, 1.807) is 13.2 Å². The molecule has 0 aliphatic rings. The van der Waals surface area contributed by atoms with Gasteiger partial charge in [-0.1, -0.05) is 13.0 Å². The van der Waals surface area contributed by atoms with Crippen LogP contribution < -0.4 is 10.5 Å². The Hall–Kier alpha value is -1.69. The number of benzene rings is 1. The molecule has 0 amide bonds. The SMILES string of the molecule is CCC(C#N)c1ccc(N)c(OC)c1. The normalized spacial score (nSPS) is 11.8. The Morgan fingerprint density at radius 1 is 1.57 bits per heavy atom. The van der Waals surface area contributed by atoms with E-state index < -0.39 is 0 Å². The monoisotopic (exact) mass is 190 g/mol. The zero-order valence-electron chi connectivity index (χ0n) is 8.45. The maximum atomic E-state index is 8.89. The molecular formula is C11H14N2O. The van der Waals surface area contributed by atoms with Crippen LogP contribution in [0.1, 0.15) is 24.8 Å². The molecule has 74 valence electrons. The third-order valence-electron chi connectivity index (χ3n) is 2.22. The Morgan fingerprint density at radius 2 is 2.29 bits per heavy atom. The van der Waals surface area contributed by atoms with Crippen molar-refractivity contribution in [3.05, 3.63) is 23.8 Å². The van der Waals surface area contributed by atoms with Crippen LogP contribution >= 0.6 is 0 Å². The maximum Gasteiger partial charge on any atom is 0.142 e. The van der Waals surface area contributed by atoms with E-state index in [0.717, 1.165) is 12.0 Å². The van der Waals surface area contributed by atoms with Gasteiger partial charge in [-0.05, 0) is 24.1 Å². The highest BCUT2D eigenvalue weighted by atomic mass is 16.5. The molecule has 1 atom stereocenters. The van der Waals surface area contributed by atoms with Gasteiger partial charge in [0.25, 0.3) is 0 Å². The summed E-state index contributed by atoms with van der Waals surface area (Å²) in [7, 11) is 1.57. The summed E-state index contributed by atoms with van der Waals surface area (Å²) in [5.74, 6) is 0.556. The van der Waals surface area contributed by atoms with Crippen molar-refractivity contribution in [2.24, 2.45) is 0 Å². The molecule has 1 aromatic rings. The van der Waals surface area contributed by atoms with Crippen molar-refractivity contribution in [1.29, 1.82) is 5.26 Å². The molecule has 1 unspecified atom stereocenters. The molecular weight excluding hydrogens is 176 g/mol. The fourth-order valence-electron chi connectivity index (χ4n) is 1.35. The summed E-state index contributed by atoms with van der Waals surface area (Å²) in [6.45, 7) is 1.98. The summed E-state index contributed by atoms with van der Waals surface area (Å²) in [6, 6.07) is 7.71. The van der Waals surface area contributed by atoms with Crippen LogP contribution in [0.3, 0.4) is 0 Å². The maximum absolute atomic E-state index is 8.89. The lowest BCUT2D eigenvalue weighted by atomic mass is 9.97. The van der Waals surface area contributed by atoms with Gasteiger partial charge in [0.15, 0.2) is 0 Å². The molecule has 14 heavy (non-hydrogen) atoms. The molecule has 0 radical (unpaired) electrons. The molecule has 3 nitrogen and oxygen atoms in total. The first-order valence-electron chi connectivity index (χ1n) is 4.56. The van der Waals surface area contributed by atoms with Crippen molar-refractivity contribution >= 4 is 5.69 Å². The summed E-state index contributed by atoms with van der Waals surface area (Å²) in [5, 5.41) is 8.89. The topological polar surface area (TPSA) is 59.0 Å². The Bertz CT molecular complexity index is 355. The minimum absolute atomic E-state index is 0.0792. The predicted octanol–water partition coefficient (Wildman–Crippen LogP) is 2.29. The summed E-state index contributed by atoms with van der Waals surface area (Å²) >= 11 is 0. The van der Waals surface area contributed by atoms with Gasteiger partial charge >= 0.3 is 0 Å². The molecule has 0 fully saturated rings. The molecule has 0 saturated heterocycles. The van der Waals surface area contributed by atoms with Gasteiger partial charge in [-0.25, -0.2) is 0 Å². The van der Waals surface area contributed by atoms with Crippen LogP contribution in [-0.2, 0) is 0 Å². The van der Waals surface area contributed by atoms with E-state index in [2.05, 4.69) is 6.07 Å². The van der Waals surface area contributed by atoms with Crippen LogP contribution in [0.2, 0.25) is 0 Å². The molecule has 0 aliphatic heterocycles. The molecule has 3 heteroatoms.